The third-order valence-corrected chi connectivity index (χ3v) is 1.65. The second kappa shape index (κ2) is 11.3. The van der Waals surface area contributed by atoms with E-state index < -0.39 is 5.97 Å². The molecule has 0 aromatic rings. The molecule has 0 aromatic heterocycles. The highest BCUT2D eigenvalue weighted by molar-refractivity contribution is 5.69. The molecule has 0 saturated carbocycles. The maximum absolute atomic E-state index is 10.7. The molecule has 0 aromatic carbocycles. The minimum Gasteiger partial charge on any atom is -0.480 e. The van der Waals surface area contributed by atoms with Crippen molar-refractivity contribution in [2.45, 2.75) is 6.42 Å². The van der Waals surface area contributed by atoms with Crippen LogP contribution in [0.15, 0.2) is 0 Å². The van der Waals surface area contributed by atoms with Crippen LogP contribution in [-0.4, -0.2) is 63.8 Å². The van der Waals surface area contributed by atoms with Crippen molar-refractivity contribution >= 4 is 11.9 Å². The molecule has 0 atom stereocenters. The van der Waals surface area contributed by atoms with E-state index in [1.807, 2.05) is 0 Å². The molecule has 0 aliphatic heterocycles. The molecular weight excluding hydrogens is 232 g/mol. The largest absolute Gasteiger partial charge is 0.480 e. The Balaban J connectivity index is 3.03. The first-order chi connectivity index (χ1) is 8.16. The van der Waals surface area contributed by atoms with Gasteiger partial charge in [0.25, 0.3) is 0 Å². The van der Waals surface area contributed by atoms with Crippen molar-refractivity contribution in [1.82, 2.24) is 0 Å². The Bertz CT molecular complexity index is 217. The molecule has 0 radical (unpaired) electrons. The van der Waals surface area contributed by atoms with Crippen LogP contribution in [0.4, 0.5) is 0 Å². The average Bonchev–Trinajstić information content (AvgIpc) is 2.30. The normalized spacial score (nSPS) is 10.2. The van der Waals surface area contributed by atoms with Crippen molar-refractivity contribution < 1.29 is 33.6 Å². The van der Waals surface area contributed by atoms with Gasteiger partial charge in [0.05, 0.1) is 46.6 Å². The maximum Gasteiger partial charge on any atom is 0.329 e. The smallest absolute Gasteiger partial charge is 0.329 e. The van der Waals surface area contributed by atoms with Crippen LogP contribution < -0.4 is 0 Å². The van der Waals surface area contributed by atoms with Crippen LogP contribution in [0.2, 0.25) is 0 Å². The summed E-state index contributed by atoms with van der Waals surface area (Å²) in [6, 6.07) is 0. The highest BCUT2D eigenvalue weighted by atomic mass is 16.6. The first-order valence-corrected chi connectivity index (χ1v) is 5.18. The summed E-state index contributed by atoms with van der Waals surface area (Å²) in [7, 11) is 1.32. The summed E-state index contributed by atoms with van der Waals surface area (Å²) in [6.07, 6.45) is 0.220. The van der Waals surface area contributed by atoms with Gasteiger partial charge in [-0.15, -0.1) is 0 Å². The number of ether oxygens (including phenoxy) is 4. The lowest BCUT2D eigenvalue weighted by Gasteiger charge is -2.05. The summed E-state index contributed by atoms with van der Waals surface area (Å²) >= 11 is 0. The first kappa shape index (κ1) is 15.8. The SMILES string of the molecule is COC(=O)CCOCCOCCOCC(=O)O. The van der Waals surface area contributed by atoms with Crippen molar-refractivity contribution in [1.29, 1.82) is 0 Å². The number of hydrogen-bond donors (Lipinski definition) is 1. The molecule has 7 nitrogen and oxygen atoms in total. The monoisotopic (exact) mass is 250 g/mol. The fourth-order valence-electron chi connectivity index (χ4n) is 0.857. The lowest BCUT2D eigenvalue weighted by molar-refractivity contribution is -0.143. The fraction of sp³-hybridized carbons (Fsp3) is 0.800. The van der Waals surface area contributed by atoms with Gasteiger partial charge in [-0.05, 0) is 0 Å². The summed E-state index contributed by atoms with van der Waals surface area (Å²) in [4.78, 5) is 20.7. The molecule has 7 heteroatoms. The molecule has 1 N–H and O–H groups in total. The highest BCUT2D eigenvalue weighted by Crippen LogP contribution is 1.87. The van der Waals surface area contributed by atoms with Gasteiger partial charge in [-0.25, -0.2) is 4.79 Å². The van der Waals surface area contributed by atoms with Crippen LogP contribution in [0.5, 0.6) is 0 Å². The van der Waals surface area contributed by atoms with Crippen LogP contribution in [0.1, 0.15) is 6.42 Å². The maximum atomic E-state index is 10.7. The second-order valence-electron chi connectivity index (χ2n) is 3.00. The molecule has 0 saturated heterocycles. The highest BCUT2D eigenvalue weighted by Gasteiger charge is 1.99. The fourth-order valence-corrected chi connectivity index (χ4v) is 0.857. The van der Waals surface area contributed by atoms with Gasteiger partial charge in [-0.3, -0.25) is 4.79 Å². The van der Waals surface area contributed by atoms with E-state index in [1.165, 1.54) is 7.11 Å². The zero-order valence-electron chi connectivity index (χ0n) is 9.85. The van der Waals surface area contributed by atoms with E-state index in [2.05, 4.69) is 4.74 Å². The lowest BCUT2D eigenvalue weighted by Crippen LogP contribution is -2.14. The molecule has 17 heavy (non-hydrogen) atoms. The summed E-state index contributed by atoms with van der Waals surface area (Å²) in [5.74, 6) is -1.32. The third kappa shape index (κ3) is 12.8. The van der Waals surface area contributed by atoms with Crippen LogP contribution in [0, 0.1) is 0 Å². The van der Waals surface area contributed by atoms with E-state index in [0.717, 1.165) is 0 Å². The third-order valence-electron chi connectivity index (χ3n) is 1.65. The van der Waals surface area contributed by atoms with E-state index >= 15 is 0 Å². The summed E-state index contributed by atoms with van der Waals surface area (Å²) in [5.41, 5.74) is 0. The molecule has 0 fully saturated rings. The number of carbonyl (C=O) groups is 2. The van der Waals surface area contributed by atoms with Crippen molar-refractivity contribution in [2.24, 2.45) is 0 Å². The van der Waals surface area contributed by atoms with Crippen LogP contribution in [0.25, 0.3) is 0 Å². The topological polar surface area (TPSA) is 91.3 Å². The number of methoxy groups -OCH3 is 1. The Labute approximate surface area is 99.6 Å². The molecule has 0 spiro atoms. The zero-order chi connectivity index (χ0) is 12.9. The van der Waals surface area contributed by atoms with Crippen molar-refractivity contribution in [3.05, 3.63) is 0 Å². The van der Waals surface area contributed by atoms with Gasteiger partial charge >= 0.3 is 11.9 Å². The number of hydrogen-bond acceptors (Lipinski definition) is 6. The lowest BCUT2D eigenvalue weighted by atomic mass is 10.5. The Kier molecular flexibility index (Phi) is 10.5. The van der Waals surface area contributed by atoms with Gasteiger partial charge in [0.1, 0.15) is 6.61 Å². The van der Waals surface area contributed by atoms with E-state index in [1.54, 1.807) is 0 Å². The molecule has 0 amide bonds. The van der Waals surface area contributed by atoms with Gasteiger partial charge in [0, 0.05) is 0 Å². The van der Waals surface area contributed by atoms with Crippen molar-refractivity contribution in [2.75, 3.05) is 46.8 Å². The Hall–Kier alpha value is -1.18. The standard InChI is InChI=1S/C10H18O7/c1-14-10(13)2-3-15-4-5-16-6-7-17-8-9(11)12/h2-8H2,1H3,(H,11,12). The number of rotatable bonds is 11. The number of carboxylic acids is 1. The van der Waals surface area contributed by atoms with Gasteiger partial charge in [0.2, 0.25) is 0 Å². The molecule has 0 unspecified atom stereocenters. The van der Waals surface area contributed by atoms with E-state index in [-0.39, 0.29) is 25.6 Å². The average molecular weight is 250 g/mol. The number of carbonyl (C=O) groups excluding carboxylic acids is 1. The molecule has 0 aliphatic carbocycles. The molecule has 0 rings (SSSR count). The quantitative estimate of drug-likeness (QED) is 0.397. The van der Waals surface area contributed by atoms with Gasteiger partial charge < -0.3 is 24.1 Å². The van der Waals surface area contributed by atoms with E-state index in [9.17, 15) is 9.59 Å². The van der Waals surface area contributed by atoms with Gasteiger partial charge in [-0.1, -0.05) is 0 Å². The summed E-state index contributed by atoms with van der Waals surface area (Å²) in [6.45, 7) is 1.26. The molecular formula is C10H18O7. The number of carboxylic acid groups (broad SMARTS) is 1. The first-order valence-electron chi connectivity index (χ1n) is 5.18. The molecule has 0 heterocycles. The van der Waals surface area contributed by atoms with Crippen molar-refractivity contribution in [3.63, 3.8) is 0 Å². The minimum atomic E-state index is -1.00. The number of aliphatic carboxylic acids is 1. The van der Waals surface area contributed by atoms with Crippen LogP contribution >= 0.6 is 0 Å². The van der Waals surface area contributed by atoms with Crippen LogP contribution in [0.3, 0.4) is 0 Å². The predicted molar refractivity (Wildman–Crippen MR) is 56.7 cm³/mol. The molecule has 100 valence electrons. The summed E-state index contributed by atoms with van der Waals surface area (Å²) < 4.78 is 19.3. The Morgan fingerprint density at radius 3 is 2.00 bits per heavy atom. The van der Waals surface area contributed by atoms with E-state index in [4.69, 9.17) is 19.3 Å². The predicted octanol–water partition coefficient (Wildman–Crippen LogP) is -0.316. The Morgan fingerprint density at radius 2 is 1.47 bits per heavy atom. The Morgan fingerprint density at radius 1 is 0.941 bits per heavy atom. The molecule has 0 aliphatic rings. The van der Waals surface area contributed by atoms with Gasteiger partial charge in [-0.2, -0.15) is 0 Å². The van der Waals surface area contributed by atoms with Crippen molar-refractivity contribution in [3.8, 4) is 0 Å². The second-order valence-corrected chi connectivity index (χ2v) is 3.00. The van der Waals surface area contributed by atoms with E-state index in [0.29, 0.717) is 26.4 Å². The van der Waals surface area contributed by atoms with Gasteiger partial charge in [0.15, 0.2) is 0 Å². The summed E-state index contributed by atoms with van der Waals surface area (Å²) in [5, 5.41) is 8.25. The molecule has 0 bridgehead atoms. The number of esters is 1. The minimum absolute atomic E-state index is 0.220. The van der Waals surface area contributed by atoms with Crippen LogP contribution in [-0.2, 0) is 28.5 Å². The zero-order valence-corrected chi connectivity index (χ0v) is 9.85.